The topological polar surface area (TPSA) is 103 Å². The van der Waals surface area contributed by atoms with E-state index >= 15 is 0 Å². The Labute approximate surface area is 200 Å². The van der Waals surface area contributed by atoms with Crippen molar-refractivity contribution in [3.05, 3.63) is 72.1 Å². The Morgan fingerprint density at radius 3 is 2.47 bits per heavy atom. The maximum Gasteiger partial charge on any atom is 0.256 e. The van der Waals surface area contributed by atoms with E-state index in [0.29, 0.717) is 50.3 Å². The number of thioether (sulfide) groups is 1. The number of anilines is 2. The molecule has 3 aromatic carbocycles. The van der Waals surface area contributed by atoms with Crippen LogP contribution in [0.15, 0.2) is 70.0 Å². The number of hydrogen-bond donors (Lipinski definition) is 2. The minimum atomic E-state index is -0.275. The molecule has 4 rings (SSSR count). The fraction of sp³-hybridized carbons (Fsp3) is 0.160. The second kappa shape index (κ2) is 10.3. The summed E-state index contributed by atoms with van der Waals surface area (Å²) in [5, 5.41) is 5.72. The van der Waals surface area contributed by atoms with E-state index in [1.54, 1.807) is 62.6 Å². The SMILES string of the molecule is COc1ccc(NC(=O)CSc2ccccc2C(=O)Nc2ccc3oc(C)nc3c2)cc1OC. The van der Waals surface area contributed by atoms with Gasteiger partial charge in [-0.25, -0.2) is 4.98 Å². The van der Waals surface area contributed by atoms with Gasteiger partial charge >= 0.3 is 0 Å². The Hall–Kier alpha value is -3.98. The summed E-state index contributed by atoms with van der Waals surface area (Å²) < 4.78 is 16.0. The Morgan fingerprint density at radius 1 is 0.941 bits per heavy atom. The van der Waals surface area contributed by atoms with Crippen LogP contribution in [0, 0.1) is 6.92 Å². The number of amides is 2. The number of nitrogens with one attached hydrogen (secondary N) is 2. The van der Waals surface area contributed by atoms with Gasteiger partial charge in [0.25, 0.3) is 5.91 Å². The van der Waals surface area contributed by atoms with Crippen molar-refractivity contribution in [2.75, 3.05) is 30.6 Å². The molecule has 0 aliphatic heterocycles. The predicted molar refractivity (Wildman–Crippen MR) is 132 cm³/mol. The highest BCUT2D eigenvalue weighted by Gasteiger charge is 2.15. The first-order valence-electron chi connectivity index (χ1n) is 10.4. The van der Waals surface area contributed by atoms with Crippen LogP contribution in [0.3, 0.4) is 0 Å². The standard InChI is InChI=1S/C25H23N3O5S/c1-15-26-19-12-16(8-10-20(19)33-15)28-25(30)18-6-4-5-7-23(18)34-14-24(29)27-17-9-11-21(31-2)22(13-17)32-3/h4-13H,14H2,1-3H3,(H,27,29)(H,28,30). The third-order valence-corrected chi connectivity index (χ3v) is 5.98. The van der Waals surface area contributed by atoms with Crippen molar-refractivity contribution < 1.29 is 23.5 Å². The van der Waals surface area contributed by atoms with Crippen molar-refractivity contribution in [1.29, 1.82) is 0 Å². The maximum absolute atomic E-state index is 12.9. The molecule has 1 heterocycles. The summed E-state index contributed by atoms with van der Waals surface area (Å²) in [6, 6.07) is 17.6. The van der Waals surface area contributed by atoms with Gasteiger partial charge in [-0.1, -0.05) is 12.1 Å². The van der Waals surface area contributed by atoms with Gasteiger partial charge in [0.15, 0.2) is 23.0 Å². The molecule has 0 atom stereocenters. The van der Waals surface area contributed by atoms with Crippen LogP contribution in [0.2, 0.25) is 0 Å². The Kier molecular flexibility index (Phi) is 7.03. The molecule has 34 heavy (non-hydrogen) atoms. The number of aromatic nitrogens is 1. The number of benzene rings is 3. The van der Waals surface area contributed by atoms with E-state index in [4.69, 9.17) is 13.9 Å². The summed E-state index contributed by atoms with van der Waals surface area (Å²) in [5.74, 6) is 1.30. The highest BCUT2D eigenvalue weighted by Crippen LogP contribution is 2.30. The molecule has 0 spiro atoms. The number of hydrogen-bond acceptors (Lipinski definition) is 7. The summed E-state index contributed by atoms with van der Waals surface area (Å²) in [5.41, 5.74) is 3.00. The maximum atomic E-state index is 12.9. The van der Waals surface area contributed by atoms with Gasteiger partial charge in [-0.3, -0.25) is 9.59 Å². The first kappa shape index (κ1) is 23.2. The normalized spacial score (nSPS) is 10.7. The lowest BCUT2D eigenvalue weighted by Gasteiger charge is -2.12. The third kappa shape index (κ3) is 5.32. The zero-order valence-corrected chi connectivity index (χ0v) is 19.7. The van der Waals surface area contributed by atoms with Gasteiger partial charge in [0, 0.05) is 29.3 Å². The van der Waals surface area contributed by atoms with Crippen LogP contribution in [-0.2, 0) is 4.79 Å². The summed E-state index contributed by atoms with van der Waals surface area (Å²) in [6.45, 7) is 1.77. The van der Waals surface area contributed by atoms with Gasteiger partial charge < -0.3 is 24.5 Å². The predicted octanol–water partition coefficient (Wildman–Crippen LogP) is 5.14. The Balaban J connectivity index is 1.41. The van der Waals surface area contributed by atoms with Crippen LogP contribution < -0.4 is 20.1 Å². The van der Waals surface area contributed by atoms with E-state index in [-0.39, 0.29) is 17.6 Å². The second-order valence-corrected chi connectivity index (χ2v) is 8.29. The minimum Gasteiger partial charge on any atom is -0.493 e. The number of nitrogens with zero attached hydrogens (tertiary/aromatic N) is 1. The molecule has 0 bridgehead atoms. The zero-order valence-electron chi connectivity index (χ0n) is 18.9. The monoisotopic (exact) mass is 477 g/mol. The third-order valence-electron chi connectivity index (χ3n) is 4.91. The molecule has 0 radical (unpaired) electrons. The molecule has 2 N–H and O–H groups in total. The van der Waals surface area contributed by atoms with Gasteiger partial charge in [-0.2, -0.15) is 0 Å². The molecule has 1 aromatic heterocycles. The average molecular weight is 478 g/mol. The van der Waals surface area contributed by atoms with E-state index in [1.165, 1.54) is 18.9 Å². The Morgan fingerprint density at radius 2 is 1.68 bits per heavy atom. The number of rotatable bonds is 8. The fourth-order valence-electron chi connectivity index (χ4n) is 3.35. The summed E-state index contributed by atoms with van der Waals surface area (Å²) in [4.78, 5) is 30.5. The quantitative estimate of drug-likeness (QED) is 0.339. The fourth-order valence-corrected chi connectivity index (χ4v) is 4.20. The summed E-state index contributed by atoms with van der Waals surface area (Å²) in [6.07, 6.45) is 0. The molecule has 9 heteroatoms. The molecule has 4 aromatic rings. The molecule has 2 amide bonds. The van der Waals surface area contributed by atoms with E-state index in [2.05, 4.69) is 15.6 Å². The number of oxazole rings is 1. The number of methoxy groups -OCH3 is 2. The molecule has 0 fully saturated rings. The number of aryl methyl sites for hydroxylation is 1. The molecule has 8 nitrogen and oxygen atoms in total. The molecule has 0 saturated carbocycles. The van der Waals surface area contributed by atoms with Crippen LogP contribution in [0.4, 0.5) is 11.4 Å². The highest BCUT2D eigenvalue weighted by atomic mass is 32.2. The van der Waals surface area contributed by atoms with Gasteiger partial charge in [-0.15, -0.1) is 11.8 Å². The van der Waals surface area contributed by atoms with Crippen molar-refractivity contribution >= 4 is 46.1 Å². The molecule has 0 aliphatic rings. The van der Waals surface area contributed by atoms with Gasteiger partial charge in [0.05, 0.1) is 25.5 Å². The molecule has 174 valence electrons. The lowest BCUT2D eigenvalue weighted by atomic mass is 10.2. The second-order valence-electron chi connectivity index (χ2n) is 7.27. The van der Waals surface area contributed by atoms with Gasteiger partial charge in [-0.05, 0) is 42.5 Å². The number of fused-ring (bicyclic) bond motifs is 1. The zero-order chi connectivity index (χ0) is 24.1. The van der Waals surface area contributed by atoms with Gasteiger partial charge in [0.1, 0.15) is 5.52 Å². The van der Waals surface area contributed by atoms with E-state index in [0.717, 1.165) is 0 Å². The first-order chi connectivity index (χ1) is 16.5. The molecule has 0 unspecified atom stereocenters. The van der Waals surface area contributed by atoms with Gasteiger partial charge in [0.2, 0.25) is 5.91 Å². The van der Waals surface area contributed by atoms with Crippen LogP contribution in [0.25, 0.3) is 11.1 Å². The minimum absolute atomic E-state index is 0.128. The van der Waals surface area contributed by atoms with Crippen molar-refractivity contribution in [1.82, 2.24) is 4.98 Å². The van der Waals surface area contributed by atoms with Crippen molar-refractivity contribution in [2.45, 2.75) is 11.8 Å². The number of carbonyl (C=O) groups excluding carboxylic acids is 2. The molecule has 0 saturated heterocycles. The van der Waals surface area contributed by atoms with Crippen molar-refractivity contribution in [3.8, 4) is 11.5 Å². The lowest BCUT2D eigenvalue weighted by Crippen LogP contribution is -2.16. The summed E-state index contributed by atoms with van der Waals surface area (Å²) in [7, 11) is 3.08. The number of ether oxygens (including phenoxy) is 2. The number of carbonyl (C=O) groups is 2. The van der Waals surface area contributed by atoms with Crippen LogP contribution in [-0.4, -0.2) is 36.8 Å². The molecule has 0 aliphatic carbocycles. The van der Waals surface area contributed by atoms with Crippen LogP contribution in [0.5, 0.6) is 11.5 Å². The van der Waals surface area contributed by atoms with E-state index < -0.39 is 0 Å². The van der Waals surface area contributed by atoms with E-state index in [1.807, 2.05) is 12.1 Å². The van der Waals surface area contributed by atoms with Crippen LogP contribution in [0.1, 0.15) is 16.2 Å². The molecular formula is C25H23N3O5S. The van der Waals surface area contributed by atoms with Crippen molar-refractivity contribution in [3.63, 3.8) is 0 Å². The Bertz CT molecular complexity index is 1350. The summed E-state index contributed by atoms with van der Waals surface area (Å²) >= 11 is 1.28. The largest absolute Gasteiger partial charge is 0.493 e. The average Bonchev–Trinajstić information content (AvgIpc) is 3.22. The highest BCUT2D eigenvalue weighted by molar-refractivity contribution is 8.00. The molecular weight excluding hydrogens is 454 g/mol. The first-order valence-corrected chi connectivity index (χ1v) is 11.4. The van der Waals surface area contributed by atoms with Crippen molar-refractivity contribution in [2.24, 2.45) is 0 Å². The van der Waals surface area contributed by atoms with E-state index in [9.17, 15) is 9.59 Å². The lowest BCUT2D eigenvalue weighted by molar-refractivity contribution is -0.113. The smallest absolute Gasteiger partial charge is 0.256 e. The van der Waals surface area contributed by atoms with Crippen LogP contribution >= 0.6 is 11.8 Å².